The normalized spacial score (nSPS) is 11.1. The lowest BCUT2D eigenvalue weighted by molar-refractivity contribution is 0.996. The number of aryl methyl sites for hydroxylation is 5. The van der Waals surface area contributed by atoms with Gasteiger partial charge in [-0.3, -0.25) is 0 Å². The molecule has 0 fully saturated rings. The molecule has 0 N–H and O–H groups in total. The molecule has 0 unspecified atom stereocenters. The van der Waals surface area contributed by atoms with E-state index in [1.165, 1.54) is 50.1 Å². The highest BCUT2D eigenvalue weighted by atomic mass is 14.1. The highest BCUT2D eigenvalue weighted by Gasteiger charge is 2.10. The Kier molecular flexibility index (Phi) is 7.91. The second-order valence-corrected chi connectivity index (χ2v) is 8.43. The van der Waals surface area contributed by atoms with Crippen LogP contribution in [0.4, 0.5) is 0 Å². The maximum Gasteiger partial charge on any atom is -0.00203 e. The van der Waals surface area contributed by atoms with Crippen molar-refractivity contribution in [1.29, 1.82) is 0 Å². The lowest BCUT2D eigenvalue weighted by Crippen LogP contribution is -2.02. The summed E-state index contributed by atoms with van der Waals surface area (Å²) < 4.78 is 0. The topological polar surface area (TPSA) is 0 Å². The lowest BCUT2D eigenvalue weighted by atomic mass is 9.90. The predicted octanol–water partition coefficient (Wildman–Crippen LogP) is 7.68. The Balaban J connectivity index is 1.85. The van der Waals surface area contributed by atoms with Crippen molar-refractivity contribution in [3.63, 3.8) is 0 Å². The van der Waals surface area contributed by atoms with Crippen LogP contribution in [-0.4, -0.2) is 0 Å². The Bertz CT molecular complexity index is 977. The predicted molar refractivity (Wildman–Crippen MR) is 132 cm³/mol. The summed E-state index contributed by atoms with van der Waals surface area (Å²) >= 11 is 0. The average Bonchev–Trinajstić information content (AvgIpc) is 2.80. The molecule has 0 spiro atoms. The maximum atomic E-state index is 2.45. The number of hydrogen-bond donors (Lipinski definition) is 0. The molecule has 0 aliphatic rings. The molecule has 0 aliphatic heterocycles. The molecule has 0 amide bonds. The van der Waals surface area contributed by atoms with Gasteiger partial charge in [0.1, 0.15) is 0 Å². The standard InChI is InChI=1S/C30H38/c1-6-22-11-14-28(25(8-3)17-22)20-24-13-16-30(27(10-5)19-24)21-29-15-12-23(7-2)18-26(29)9-4/h11-19H,6-10,20-21H2,1-5H3. The Labute approximate surface area is 184 Å². The van der Waals surface area contributed by atoms with Crippen LogP contribution in [0.1, 0.15) is 84.7 Å². The molecule has 0 aromatic heterocycles. The van der Waals surface area contributed by atoms with Crippen LogP contribution in [0.25, 0.3) is 0 Å². The molecule has 0 heterocycles. The van der Waals surface area contributed by atoms with Crippen LogP contribution in [0, 0.1) is 0 Å². The fourth-order valence-electron chi connectivity index (χ4n) is 4.52. The van der Waals surface area contributed by atoms with E-state index in [-0.39, 0.29) is 0 Å². The quantitative estimate of drug-likeness (QED) is 0.347. The fraction of sp³-hybridized carbons (Fsp3) is 0.400. The first-order valence-electron chi connectivity index (χ1n) is 11.9. The van der Waals surface area contributed by atoms with Crippen molar-refractivity contribution in [2.45, 2.75) is 79.6 Å². The van der Waals surface area contributed by atoms with E-state index < -0.39 is 0 Å². The van der Waals surface area contributed by atoms with E-state index in [2.05, 4.69) is 89.2 Å². The molecular formula is C30H38. The van der Waals surface area contributed by atoms with Gasteiger partial charge in [0, 0.05) is 0 Å². The molecule has 0 saturated heterocycles. The van der Waals surface area contributed by atoms with Crippen molar-refractivity contribution >= 4 is 0 Å². The minimum atomic E-state index is 1.03. The van der Waals surface area contributed by atoms with Crippen LogP contribution in [0.3, 0.4) is 0 Å². The van der Waals surface area contributed by atoms with E-state index in [4.69, 9.17) is 0 Å². The van der Waals surface area contributed by atoms with Gasteiger partial charge in [-0.15, -0.1) is 0 Å². The first kappa shape index (κ1) is 22.3. The molecule has 3 aromatic rings. The molecule has 0 radical (unpaired) electrons. The maximum absolute atomic E-state index is 2.45. The molecule has 0 aliphatic carbocycles. The lowest BCUT2D eigenvalue weighted by Gasteiger charge is -2.15. The molecular weight excluding hydrogens is 360 g/mol. The second kappa shape index (κ2) is 10.6. The minimum Gasteiger partial charge on any atom is -0.0613 e. The first-order chi connectivity index (χ1) is 14.6. The van der Waals surface area contributed by atoms with Gasteiger partial charge < -0.3 is 0 Å². The summed E-state index contributed by atoms with van der Waals surface area (Å²) in [5, 5.41) is 0. The number of rotatable bonds is 9. The second-order valence-electron chi connectivity index (χ2n) is 8.43. The van der Waals surface area contributed by atoms with Gasteiger partial charge in [-0.05, 0) is 95.0 Å². The van der Waals surface area contributed by atoms with Gasteiger partial charge in [-0.25, -0.2) is 0 Å². The van der Waals surface area contributed by atoms with Gasteiger partial charge in [0.15, 0.2) is 0 Å². The summed E-state index contributed by atoms with van der Waals surface area (Å²) in [5.74, 6) is 0. The van der Waals surface area contributed by atoms with E-state index in [1.54, 1.807) is 0 Å². The molecule has 0 heteroatoms. The highest BCUT2D eigenvalue weighted by molar-refractivity contribution is 5.42. The molecule has 0 bridgehead atoms. The highest BCUT2D eigenvalue weighted by Crippen LogP contribution is 2.24. The van der Waals surface area contributed by atoms with Crippen LogP contribution < -0.4 is 0 Å². The van der Waals surface area contributed by atoms with Crippen molar-refractivity contribution in [2.75, 3.05) is 0 Å². The van der Waals surface area contributed by atoms with Gasteiger partial charge in [0.05, 0.1) is 0 Å². The number of benzene rings is 3. The summed E-state index contributed by atoms with van der Waals surface area (Å²) in [7, 11) is 0. The molecule has 3 rings (SSSR count). The van der Waals surface area contributed by atoms with Crippen molar-refractivity contribution in [3.8, 4) is 0 Å². The molecule has 158 valence electrons. The largest absolute Gasteiger partial charge is 0.0613 e. The van der Waals surface area contributed by atoms with Crippen molar-refractivity contribution in [1.82, 2.24) is 0 Å². The monoisotopic (exact) mass is 398 g/mol. The molecule has 0 saturated carbocycles. The van der Waals surface area contributed by atoms with Crippen LogP contribution in [0.5, 0.6) is 0 Å². The molecule has 30 heavy (non-hydrogen) atoms. The molecule has 0 atom stereocenters. The Morgan fingerprint density at radius 2 is 0.733 bits per heavy atom. The van der Waals surface area contributed by atoms with E-state index in [0.717, 1.165) is 44.9 Å². The van der Waals surface area contributed by atoms with Gasteiger partial charge in [-0.2, -0.15) is 0 Å². The first-order valence-corrected chi connectivity index (χ1v) is 11.9. The third-order valence-electron chi connectivity index (χ3n) is 6.55. The van der Waals surface area contributed by atoms with E-state index in [0.29, 0.717) is 0 Å². The summed E-state index contributed by atoms with van der Waals surface area (Å²) in [6, 6.07) is 21.3. The Morgan fingerprint density at radius 3 is 1.13 bits per heavy atom. The van der Waals surface area contributed by atoms with Gasteiger partial charge in [-0.1, -0.05) is 89.2 Å². The molecule has 0 nitrogen and oxygen atoms in total. The van der Waals surface area contributed by atoms with Crippen LogP contribution in [0.2, 0.25) is 0 Å². The smallest absolute Gasteiger partial charge is 0.00203 e. The van der Waals surface area contributed by atoms with Gasteiger partial charge in [0.2, 0.25) is 0 Å². The van der Waals surface area contributed by atoms with E-state index in [1.807, 2.05) is 0 Å². The summed E-state index contributed by atoms with van der Waals surface area (Å²) in [6.07, 6.45) is 7.61. The van der Waals surface area contributed by atoms with Crippen molar-refractivity contribution in [3.05, 3.63) is 105 Å². The van der Waals surface area contributed by atoms with Crippen LogP contribution in [0.15, 0.2) is 54.6 Å². The average molecular weight is 399 g/mol. The summed E-state index contributed by atoms with van der Waals surface area (Å²) in [4.78, 5) is 0. The SMILES string of the molecule is CCc1ccc(Cc2ccc(Cc3ccc(CC)cc3CC)c(CC)c2)c(CC)c1. The van der Waals surface area contributed by atoms with Gasteiger partial charge in [0.25, 0.3) is 0 Å². The summed E-state index contributed by atoms with van der Waals surface area (Å²) in [6.45, 7) is 11.3. The van der Waals surface area contributed by atoms with Crippen molar-refractivity contribution in [2.24, 2.45) is 0 Å². The Hall–Kier alpha value is -2.34. The zero-order valence-corrected chi connectivity index (χ0v) is 19.6. The van der Waals surface area contributed by atoms with Gasteiger partial charge >= 0.3 is 0 Å². The Morgan fingerprint density at radius 1 is 0.367 bits per heavy atom. The third-order valence-corrected chi connectivity index (χ3v) is 6.55. The molecule has 3 aromatic carbocycles. The fourth-order valence-corrected chi connectivity index (χ4v) is 4.52. The van der Waals surface area contributed by atoms with Crippen LogP contribution >= 0.6 is 0 Å². The zero-order chi connectivity index (χ0) is 21.5. The van der Waals surface area contributed by atoms with E-state index >= 15 is 0 Å². The zero-order valence-electron chi connectivity index (χ0n) is 19.6. The minimum absolute atomic E-state index is 1.03. The van der Waals surface area contributed by atoms with E-state index in [9.17, 15) is 0 Å². The third kappa shape index (κ3) is 5.22. The van der Waals surface area contributed by atoms with Crippen molar-refractivity contribution < 1.29 is 0 Å². The number of hydrogen-bond acceptors (Lipinski definition) is 0. The van der Waals surface area contributed by atoms with Crippen LogP contribution in [-0.2, 0) is 44.9 Å². The summed E-state index contributed by atoms with van der Waals surface area (Å²) in [5.41, 5.74) is 13.3.